The van der Waals surface area contributed by atoms with Crippen LogP contribution in [0.15, 0.2) is 30.3 Å². The number of pyridine rings is 1. The Hall–Kier alpha value is -1.41. The number of nitrogens with two attached hydrogens (primary N) is 1. The number of hydrogen-bond donors (Lipinski definition) is 1. The minimum absolute atomic E-state index is 0.0482. The smallest absolute Gasteiger partial charge is 0.0705 e. The van der Waals surface area contributed by atoms with Crippen LogP contribution in [0.5, 0.6) is 0 Å². The Labute approximate surface area is 83.8 Å². The zero-order valence-corrected chi connectivity index (χ0v) is 8.49. The number of rotatable bonds is 1. The maximum atomic E-state index is 5.87. The van der Waals surface area contributed by atoms with E-state index in [0.29, 0.717) is 0 Å². The first kappa shape index (κ1) is 9.16. The van der Waals surface area contributed by atoms with Crippen molar-refractivity contribution in [3.8, 4) is 0 Å². The van der Waals surface area contributed by atoms with Gasteiger partial charge in [-0.25, -0.2) is 0 Å². The van der Waals surface area contributed by atoms with Gasteiger partial charge in [-0.05, 0) is 31.5 Å². The van der Waals surface area contributed by atoms with Gasteiger partial charge in [0.25, 0.3) is 0 Å². The van der Waals surface area contributed by atoms with Gasteiger partial charge in [0.15, 0.2) is 0 Å². The van der Waals surface area contributed by atoms with Crippen LogP contribution in [-0.2, 0) is 0 Å². The van der Waals surface area contributed by atoms with Gasteiger partial charge in [0.1, 0.15) is 0 Å². The molecule has 0 aliphatic heterocycles. The minimum Gasteiger partial charge on any atom is -0.324 e. The van der Waals surface area contributed by atoms with Gasteiger partial charge in [-0.3, -0.25) is 4.98 Å². The fourth-order valence-electron chi connectivity index (χ4n) is 1.69. The second-order valence-electron chi connectivity index (χ2n) is 3.64. The summed E-state index contributed by atoms with van der Waals surface area (Å²) >= 11 is 0. The lowest BCUT2D eigenvalue weighted by atomic mass is 10.0. The van der Waals surface area contributed by atoms with Gasteiger partial charge in [0.2, 0.25) is 0 Å². The van der Waals surface area contributed by atoms with E-state index in [2.05, 4.69) is 17.1 Å². The van der Waals surface area contributed by atoms with E-state index in [1.807, 2.05) is 32.0 Å². The molecule has 1 unspecified atom stereocenters. The number of nitrogens with zero attached hydrogens (tertiary/aromatic N) is 1. The second kappa shape index (κ2) is 3.39. The predicted molar refractivity (Wildman–Crippen MR) is 59.1 cm³/mol. The SMILES string of the molecule is Cc1nc2ccccc2cc1C(C)N. The van der Waals surface area contributed by atoms with Crippen LogP contribution in [0.2, 0.25) is 0 Å². The molecule has 1 atom stereocenters. The fourth-order valence-corrected chi connectivity index (χ4v) is 1.69. The number of aromatic nitrogens is 1. The maximum absolute atomic E-state index is 5.87. The first-order chi connectivity index (χ1) is 6.68. The van der Waals surface area contributed by atoms with E-state index < -0.39 is 0 Å². The molecule has 1 aromatic carbocycles. The van der Waals surface area contributed by atoms with Crippen molar-refractivity contribution in [1.29, 1.82) is 0 Å². The highest BCUT2D eigenvalue weighted by Crippen LogP contribution is 2.19. The quantitative estimate of drug-likeness (QED) is 0.743. The lowest BCUT2D eigenvalue weighted by Crippen LogP contribution is -2.07. The predicted octanol–water partition coefficient (Wildman–Crippen LogP) is 2.56. The van der Waals surface area contributed by atoms with Crippen LogP contribution in [0.1, 0.15) is 24.2 Å². The van der Waals surface area contributed by atoms with Crippen molar-refractivity contribution < 1.29 is 0 Å². The van der Waals surface area contributed by atoms with E-state index in [4.69, 9.17) is 5.73 Å². The van der Waals surface area contributed by atoms with E-state index in [1.54, 1.807) is 0 Å². The third kappa shape index (κ3) is 1.49. The molecular formula is C12H14N2. The molecule has 2 aromatic rings. The van der Waals surface area contributed by atoms with Gasteiger partial charge in [-0.2, -0.15) is 0 Å². The zero-order valence-electron chi connectivity index (χ0n) is 8.49. The molecule has 1 aromatic heterocycles. The summed E-state index contributed by atoms with van der Waals surface area (Å²) in [6.45, 7) is 3.99. The Morgan fingerprint density at radius 2 is 2.00 bits per heavy atom. The molecule has 72 valence electrons. The molecule has 2 N–H and O–H groups in total. The molecule has 0 saturated heterocycles. The minimum atomic E-state index is 0.0482. The Bertz CT molecular complexity index is 461. The first-order valence-corrected chi connectivity index (χ1v) is 4.80. The summed E-state index contributed by atoms with van der Waals surface area (Å²) in [4.78, 5) is 4.52. The van der Waals surface area contributed by atoms with Gasteiger partial charge in [0, 0.05) is 17.1 Å². The van der Waals surface area contributed by atoms with Gasteiger partial charge in [-0.1, -0.05) is 18.2 Å². The summed E-state index contributed by atoms with van der Waals surface area (Å²) in [6, 6.07) is 10.3. The van der Waals surface area contributed by atoms with Gasteiger partial charge >= 0.3 is 0 Å². The van der Waals surface area contributed by atoms with Gasteiger partial charge < -0.3 is 5.73 Å². The topological polar surface area (TPSA) is 38.9 Å². The third-order valence-corrected chi connectivity index (χ3v) is 2.44. The van der Waals surface area contributed by atoms with Crippen molar-refractivity contribution in [3.05, 3.63) is 41.6 Å². The first-order valence-electron chi connectivity index (χ1n) is 4.80. The van der Waals surface area contributed by atoms with Crippen LogP contribution < -0.4 is 5.73 Å². The molecule has 0 aliphatic carbocycles. The van der Waals surface area contributed by atoms with E-state index >= 15 is 0 Å². The van der Waals surface area contributed by atoms with E-state index in [1.165, 1.54) is 0 Å². The molecule has 0 radical (unpaired) electrons. The van der Waals surface area contributed by atoms with Crippen molar-refractivity contribution >= 4 is 10.9 Å². The van der Waals surface area contributed by atoms with Crippen LogP contribution in [0, 0.1) is 6.92 Å². The third-order valence-electron chi connectivity index (χ3n) is 2.44. The summed E-state index contributed by atoms with van der Waals surface area (Å²) < 4.78 is 0. The standard InChI is InChI=1S/C12H14N2/c1-8(13)11-7-10-5-3-4-6-12(10)14-9(11)2/h3-8H,13H2,1-2H3. The number of hydrogen-bond acceptors (Lipinski definition) is 2. The molecule has 0 spiro atoms. The second-order valence-corrected chi connectivity index (χ2v) is 3.64. The highest BCUT2D eigenvalue weighted by Gasteiger charge is 2.05. The molecule has 0 bridgehead atoms. The average Bonchev–Trinajstić information content (AvgIpc) is 2.16. The molecule has 0 saturated carbocycles. The lowest BCUT2D eigenvalue weighted by molar-refractivity contribution is 0.803. The normalized spacial score (nSPS) is 13.1. The van der Waals surface area contributed by atoms with Crippen molar-refractivity contribution in [3.63, 3.8) is 0 Å². The molecule has 0 amide bonds. The Morgan fingerprint density at radius 1 is 1.29 bits per heavy atom. The maximum Gasteiger partial charge on any atom is 0.0705 e. The molecule has 0 aliphatic rings. The highest BCUT2D eigenvalue weighted by molar-refractivity contribution is 5.79. The van der Waals surface area contributed by atoms with Gasteiger partial charge in [-0.15, -0.1) is 0 Å². The van der Waals surface area contributed by atoms with Crippen LogP contribution in [0.25, 0.3) is 10.9 Å². The monoisotopic (exact) mass is 186 g/mol. The molecule has 0 fully saturated rings. The van der Waals surface area contributed by atoms with E-state index in [-0.39, 0.29) is 6.04 Å². The van der Waals surface area contributed by atoms with E-state index in [9.17, 15) is 0 Å². The molecule has 2 nitrogen and oxygen atoms in total. The molecule has 2 rings (SSSR count). The van der Waals surface area contributed by atoms with E-state index in [0.717, 1.165) is 22.2 Å². The van der Waals surface area contributed by atoms with Crippen molar-refractivity contribution in [2.24, 2.45) is 5.73 Å². The van der Waals surface area contributed by atoms with Crippen LogP contribution in [0.4, 0.5) is 0 Å². The summed E-state index contributed by atoms with van der Waals surface area (Å²) in [5.41, 5.74) is 9.06. The van der Waals surface area contributed by atoms with Crippen molar-refractivity contribution in [1.82, 2.24) is 4.98 Å². The van der Waals surface area contributed by atoms with Crippen molar-refractivity contribution in [2.45, 2.75) is 19.9 Å². The molecular weight excluding hydrogens is 172 g/mol. The Balaban J connectivity index is 2.71. The summed E-state index contributed by atoms with van der Waals surface area (Å²) in [5.74, 6) is 0. The Morgan fingerprint density at radius 3 is 2.71 bits per heavy atom. The fraction of sp³-hybridized carbons (Fsp3) is 0.250. The van der Waals surface area contributed by atoms with Crippen LogP contribution in [0.3, 0.4) is 0 Å². The summed E-state index contributed by atoms with van der Waals surface area (Å²) in [7, 11) is 0. The zero-order chi connectivity index (χ0) is 10.1. The lowest BCUT2D eigenvalue weighted by Gasteiger charge is -2.10. The molecule has 2 heteroatoms. The highest BCUT2D eigenvalue weighted by atomic mass is 14.7. The van der Waals surface area contributed by atoms with Gasteiger partial charge in [0.05, 0.1) is 5.52 Å². The Kier molecular flexibility index (Phi) is 2.22. The summed E-state index contributed by atoms with van der Waals surface area (Å²) in [5, 5.41) is 1.16. The number of benzene rings is 1. The number of fused-ring (bicyclic) bond motifs is 1. The van der Waals surface area contributed by atoms with Crippen LogP contribution >= 0.6 is 0 Å². The number of para-hydroxylation sites is 1. The van der Waals surface area contributed by atoms with Crippen LogP contribution in [-0.4, -0.2) is 4.98 Å². The molecule has 1 heterocycles. The largest absolute Gasteiger partial charge is 0.324 e. The van der Waals surface area contributed by atoms with Crippen molar-refractivity contribution in [2.75, 3.05) is 0 Å². The molecule has 14 heavy (non-hydrogen) atoms. The summed E-state index contributed by atoms with van der Waals surface area (Å²) in [6.07, 6.45) is 0. The average molecular weight is 186 g/mol. The number of aryl methyl sites for hydroxylation is 1.